The fraction of sp³-hybridized carbons (Fsp3) is 0.462. The molecular formula is C13H20FN3O. The fourth-order valence-electron chi connectivity index (χ4n) is 1.70. The van der Waals surface area contributed by atoms with E-state index in [1.165, 1.54) is 12.1 Å². The minimum atomic E-state index is -0.477. The predicted octanol–water partition coefficient (Wildman–Crippen LogP) is 1.71. The van der Waals surface area contributed by atoms with Crippen molar-refractivity contribution in [1.29, 1.82) is 0 Å². The molecule has 2 amide bonds. The molecule has 0 saturated carbocycles. The second-order valence-corrected chi connectivity index (χ2v) is 4.36. The van der Waals surface area contributed by atoms with Crippen LogP contribution < -0.4 is 11.1 Å². The van der Waals surface area contributed by atoms with Crippen molar-refractivity contribution >= 4 is 6.03 Å². The maximum atomic E-state index is 12.7. The lowest BCUT2D eigenvalue weighted by molar-refractivity contribution is 0.248. The molecule has 0 heterocycles. The molecule has 18 heavy (non-hydrogen) atoms. The number of rotatable bonds is 7. The number of halogens is 1. The van der Waals surface area contributed by atoms with Crippen LogP contribution in [0.4, 0.5) is 9.18 Å². The highest BCUT2D eigenvalue weighted by molar-refractivity contribution is 5.71. The number of amides is 2. The highest BCUT2D eigenvalue weighted by Crippen LogP contribution is 2.06. The van der Waals surface area contributed by atoms with E-state index < -0.39 is 6.03 Å². The number of carbonyl (C=O) groups is 1. The Bertz CT molecular complexity index is 367. The van der Waals surface area contributed by atoms with Gasteiger partial charge >= 0.3 is 6.03 Å². The molecule has 0 radical (unpaired) electrons. The molecule has 0 spiro atoms. The first kappa shape index (κ1) is 14.4. The largest absolute Gasteiger partial charge is 0.352 e. The second kappa shape index (κ2) is 7.66. The SMILES string of the molecule is CN(CCCCNC(N)=O)Cc1ccc(F)cc1. The van der Waals surface area contributed by atoms with Crippen LogP contribution in [0, 0.1) is 5.82 Å². The molecule has 1 aromatic rings. The topological polar surface area (TPSA) is 58.4 Å². The molecule has 5 heteroatoms. The van der Waals surface area contributed by atoms with E-state index in [1.807, 2.05) is 7.05 Å². The number of urea groups is 1. The summed E-state index contributed by atoms with van der Waals surface area (Å²) in [6.45, 7) is 2.33. The normalized spacial score (nSPS) is 10.6. The van der Waals surface area contributed by atoms with Crippen LogP contribution in [0.15, 0.2) is 24.3 Å². The van der Waals surface area contributed by atoms with E-state index in [4.69, 9.17) is 5.73 Å². The molecule has 0 aromatic heterocycles. The molecule has 3 N–H and O–H groups in total. The Morgan fingerprint density at radius 2 is 2.00 bits per heavy atom. The molecule has 1 aromatic carbocycles. The van der Waals surface area contributed by atoms with Crippen LogP contribution in [-0.4, -0.2) is 31.1 Å². The van der Waals surface area contributed by atoms with Gasteiger partial charge in [0.2, 0.25) is 0 Å². The number of primary amides is 1. The predicted molar refractivity (Wildman–Crippen MR) is 69.6 cm³/mol. The maximum Gasteiger partial charge on any atom is 0.312 e. The van der Waals surface area contributed by atoms with E-state index in [0.717, 1.165) is 31.5 Å². The van der Waals surface area contributed by atoms with Crippen molar-refractivity contribution in [3.8, 4) is 0 Å². The minimum absolute atomic E-state index is 0.209. The summed E-state index contributed by atoms with van der Waals surface area (Å²) in [6.07, 6.45) is 1.88. The average molecular weight is 253 g/mol. The van der Waals surface area contributed by atoms with E-state index in [0.29, 0.717) is 6.54 Å². The third-order valence-corrected chi connectivity index (χ3v) is 2.63. The molecule has 0 aliphatic carbocycles. The standard InChI is InChI=1S/C13H20FN3O/c1-17(9-3-2-8-16-13(15)18)10-11-4-6-12(14)7-5-11/h4-7H,2-3,8-10H2,1H3,(H3,15,16,18). The first-order valence-corrected chi connectivity index (χ1v) is 6.04. The number of benzene rings is 1. The zero-order chi connectivity index (χ0) is 13.4. The van der Waals surface area contributed by atoms with E-state index >= 15 is 0 Å². The quantitative estimate of drug-likeness (QED) is 0.727. The highest BCUT2D eigenvalue weighted by atomic mass is 19.1. The van der Waals surface area contributed by atoms with Crippen molar-refractivity contribution in [1.82, 2.24) is 10.2 Å². The highest BCUT2D eigenvalue weighted by Gasteiger charge is 2.01. The molecule has 0 aliphatic rings. The van der Waals surface area contributed by atoms with Gasteiger partial charge < -0.3 is 16.0 Å². The Morgan fingerprint density at radius 3 is 2.61 bits per heavy atom. The maximum absolute atomic E-state index is 12.7. The van der Waals surface area contributed by atoms with Gasteiger partial charge in [0, 0.05) is 13.1 Å². The zero-order valence-electron chi connectivity index (χ0n) is 10.7. The summed E-state index contributed by atoms with van der Waals surface area (Å²) in [5, 5.41) is 2.55. The van der Waals surface area contributed by atoms with Crippen LogP contribution in [0.5, 0.6) is 0 Å². The minimum Gasteiger partial charge on any atom is -0.352 e. The van der Waals surface area contributed by atoms with Gasteiger partial charge in [0.1, 0.15) is 5.82 Å². The Labute approximate surface area is 107 Å². The molecule has 4 nitrogen and oxygen atoms in total. The number of nitrogens with zero attached hydrogens (tertiary/aromatic N) is 1. The molecule has 0 aliphatic heterocycles. The Balaban J connectivity index is 2.15. The Hall–Kier alpha value is -1.62. The van der Waals surface area contributed by atoms with Crippen LogP contribution >= 0.6 is 0 Å². The monoisotopic (exact) mass is 253 g/mol. The number of carbonyl (C=O) groups excluding carboxylic acids is 1. The average Bonchev–Trinajstić information content (AvgIpc) is 2.31. The Morgan fingerprint density at radius 1 is 1.33 bits per heavy atom. The first-order chi connectivity index (χ1) is 8.58. The molecule has 0 saturated heterocycles. The summed E-state index contributed by atoms with van der Waals surface area (Å²) in [4.78, 5) is 12.6. The molecule has 100 valence electrons. The van der Waals surface area contributed by atoms with Crippen LogP contribution in [0.2, 0.25) is 0 Å². The van der Waals surface area contributed by atoms with Gasteiger partial charge in [-0.05, 0) is 44.1 Å². The van der Waals surface area contributed by atoms with Crippen LogP contribution in [0.3, 0.4) is 0 Å². The summed E-state index contributed by atoms with van der Waals surface area (Å²) >= 11 is 0. The van der Waals surface area contributed by atoms with Gasteiger partial charge in [-0.1, -0.05) is 12.1 Å². The van der Waals surface area contributed by atoms with Gasteiger partial charge in [-0.2, -0.15) is 0 Å². The van der Waals surface area contributed by atoms with Gasteiger partial charge in [-0.25, -0.2) is 9.18 Å². The van der Waals surface area contributed by atoms with Crippen LogP contribution in [-0.2, 0) is 6.54 Å². The second-order valence-electron chi connectivity index (χ2n) is 4.36. The van der Waals surface area contributed by atoms with E-state index in [-0.39, 0.29) is 5.82 Å². The third-order valence-electron chi connectivity index (χ3n) is 2.63. The van der Waals surface area contributed by atoms with Crippen molar-refractivity contribution in [3.63, 3.8) is 0 Å². The third kappa shape index (κ3) is 6.20. The van der Waals surface area contributed by atoms with Gasteiger partial charge in [0.15, 0.2) is 0 Å². The van der Waals surface area contributed by atoms with Crippen molar-refractivity contribution in [2.24, 2.45) is 5.73 Å². The molecule has 1 rings (SSSR count). The van der Waals surface area contributed by atoms with Crippen molar-refractivity contribution in [2.75, 3.05) is 20.1 Å². The van der Waals surface area contributed by atoms with Crippen molar-refractivity contribution in [3.05, 3.63) is 35.6 Å². The van der Waals surface area contributed by atoms with Gasteiger partial charge in [-0.15, -0.1) is 0 Å². The summed E-state index contributed by atoms with van der Waals surface area (Å²) in [6, 6.07) is 6.05. The van der Waals surface area contributed by atoms with E-state index in [9.17, 15) is 9.18 Å². The molecule has 0 fully saturated rings. The summed E-state index contributed by atoms with van der Waals surface area (Å²) in [7, 11) is 2.02. The number of hydrogen-bond acceptors (Lipinski definition) is 2. The summed E-state index contributed by atoms with van der Waals surface area (Å²) < 4.78 is 12.7. The molecule has 0 unspecified atom stereocenters. The van der Waals surface area contributed by atoms with Crippen molar-refractivity contribution in [2.45, 2.75) is 19.4 Å². The number of unbranched alkanes of at least 4 members (excludes halogenated alkanes) is 1. The van der Waals surface area contributed by atoms with Crippen LogP contribution in [0.1, 0.15) is 18.4 Å². The summed E-state index contributed by atoms with van der Waals surface area (Å²) in [5.74, 6) is -0.209. The van der Waals surface area contributed by atoms with Gasteiger partial charge in [0.25, 0.3) is 0 Å². The first-order valence-electron chi connectivity index (χ1n) is 6.04. The lowest BCUT2D eigenvalue weighted by atomic mass is 10.2. The Kier molecular flexibility index (Phi) is 6.14. The molecule has 0 bridgehead atoms. The smallest absolute Gasteiger partial charge is 0.312 e. The molecule has 0 atom stereocenters. The summed E-state index contributed by atoms with van der Waals surface area (Å²) in [5.41, 5.74) is 6.05. The van der Waals surface area contributed by atoms with Gasteiger partial charge in [0.05, 0.1) is 0 Å². The van der Waals surface area contributed by atoms with E-state index in [1.54, 1.807) is 12.1 Å². The number of hydrogen-bond donors (Lipinski definition) is 2. The fourth-order valence-corrected chi connectivity index (χ4v) is 1.70. The van der Waals surface area contributed by atoms with Gasteiger partial charge in [-0.3, -0.25) is 0 Å². The van der Waals surface area contributed by atoms with E-state index in [2.05, 4.69) is 10.2 Å². The number of nitrogens with one attached hydrogen (secondary N) is 1. The number of nitrogens with two attached hydrogens (primary N) is 1. The lowest BCUT2D eigenvalue weighted by Gasteiger charge is -2.16. The molecular weight excluding hydrogens is 233 g/mol. The lowest BCUT2D eigenvalue weighted by Crippen LogP contribution is -2.30. The zero-order valence-corrected chi connectivity index (χ0v) is 10.7. The van der Waals surface area contributed by atoms with Crippen LogP contribution in [0.25, 0.3) is 0 Å². The van der Waals surface area contributed by atoms with Crippen molar-refractivity contribution < 1.29 is 9.18 Å².